The van der Waals surface area contributed by atoms with E-state index in [0.717, 1.165) is 16.2 Å². The zero-order valence-corrected chi connectivity index (χ0v) is 12.4. The lowest BCUT2D eigenvalue weighted by molar-refractivity contribution is 0.0949. The van der Waals surface area contributed by atoms with Crippen LogP contribution in [0.5, 0.6) is 0 Å². The summed E-state index contributed by atoms with van der Waals surface area (Å²) >= 11 is 1.11. The van der Waals surface area contributed by atoms with Crippen LogP contribution in [0.15, 0.2) is 28.9 Å². The first-order valence-electron chi connectivity index (χ1n) is 5.74. The van der Waals surface area contributed by atoms with Gasteiger partial charge >= 0.3 is 0 Å². The SMILES string of the molecule is Cn1cnc(C(=O)NCCc2ccc(S(N)(=O)=O)s2)c1. The number of aromatic nitrogens is 2. The molecule has 0 saturated carbocycles. The van der Waals surface area contributed by atoms with Crippen molar-refractivity contribution < 1.29 is 13.2 Å². The molecule has 0 atom stereocenters. The average Bonchev–Trinajstić information content (AvgIpc) is 2.97. The zero-order chi connectivity index (χ0) is 14.8. The van der Waals surface area contributed by atoms with Crippen molar-refractivity contribution in [2.24, 2.45) is 12.2 Å². The van der Waals surface area contributed by atoms with Gasteiger partial charge in [0.15, 0.2) is 0 Å². The van der Waals surface area contributed by atoms with Crippen LogP contribution in [0.4, 0.5) is 0 Å². The summed E-state index contributed by atoms with van der Waals surface area (Å²) in [6.07, 6.45) is 3.71. The molecule has 0 aliphatic heterocycles. The predicted octanol–water partition coefficient (Wildman–Crippen LogP) is 0.102. The van der Waals surface area contributed by atoms with E-state index >= 15 is 0 Å². The van der Waals surface area contributed by atoms with Gasteiger partial charge in [-0.3, -0.25) is 4.79 Å². The molecule has 2 aromatic heterocycles. The van der Waals surface area contributed by atoms with E-state index in [1.54, 1.807) is 30.2 Å². The number of amides is 1. The third-order valence-electron chi connectivity index (χ3n) is 2.51. The number of nitrogens with two attached hydrogens (primary N) is 1. The molecule has 2 heterocycles. The highest BCUT2D eigenvalue weighted by Gasteiger charge is 2.12. The van der Waals surface area contributed by atoms with Crippen LogP contribution in [0, 0.1) is 0 Å². The number of nitrogens with one attached hydrogen (secondary N) is 1. The molecule has 2 aromatic rings. The second kappa shape index (κ2) is 5.73. The van der Waals surface area contributed by atoms with Crippen LogP contribution < -0.4 is 10.5 Å². The van der Waals surface area contributed by atoms with Crippen molar-refractivity contribution in [2.75, 3.05) is 6.54 Å². The summed E-state index contributed by atoms with van der Waals surface area (Å²) in [6, 6.07) is 3.16. The Morgan fingerprint density at radius 2 is 2.25 bits per heavy atom. The van der Waals surface area contributed by atoms with Crippen LogP contribution >= 0.6 is 11.3 Å². The average molecular weight is 314 g/mol. The minimum Gasteiger partial charge on any atom is -0.350 e. The minimum absolute atomic E-state index is 0.128. The van der Waals surface area contributed by atoms with Crippen LogP contribution in [-0.2, 0) is 23.5 Å². The van der Waals surface area contributed by atoms with Crippen LogP contribution in [0.3, 0.4) is 0 Å². The van der Waals surface area contributed by atoms with Crippen molar-refractivity contribution in [1.82, 2.24) is 14.9 Å². The standard InChI is InChI=1S/C11H14N4O3S2/c1-15-6-9(14-7-15)11(16)13-5-4-8-2-3-10(19-8)20(12,17)18/h2-3,6-7H,4-5H2,1H3,(H,13,16)(H2,12,17,18). The summed E-state index contributed by atoms with van der Waals surface area (Å²) in [4.78, 5) is 16.5. The zero-order valence-electron chi connectivity index (χ0n) is 10.7. The maximum absolute atomic E-state index is 11.7. The van der Waals surface area contributed by atoms with Gasteiger partial charge in [0.1, 0.15) is 9.90 Å². The molecule has 1 amide bonds. The first-order valence-corrected chi connectivity index (χ1v) is 8.10. The summed E-state index contributed by atoms with van der Waals surface area (Å²) < 4.78 is 24.1. The molecule has 3 N–H and O–H groups in total. The monoisotopic (exact) mass is 314 g/mol. The Labute approximate surface area is 120 Å². The molecule has 0 aliphatic rings. The molecule has 0 fully saturated rings. The number of aryl methyl sites for hydroxylation is 1. The molecule has 0 aromatic carbocycles. The van der Waals surface area contributed by atoms with Gasteiger partial charge in [-0.2, -0.15) is 0 Å². The van der Waals surface area contributed by atoms with Crippen molar-refractivity contribution in [1.29, 1.82) is 0 Å². The molecule has 0 radical (unpaired) electrons. The largest absolute Gasteiger partial charge is 0.350 e. The van der Waals surface area contributed by atoms with E-state index in [0.29, 0.717) is 18.7 Å². The lowest BCUT2D eigenvalue weighted by atomic mass is 10.3. The molecule has 20 heavy (non-hydrogen) atoms. The second-order valence-corrected chi connectivity index (χ2v) is 7.15. The Hall–Kier alpha value is -1.71. The first kappa shape index (κ1) is 14.7. The molecule has 108 valence electrons. The third-order valence-corrected chi connectivity index (χ3v) is 5.10. The Bertz CT molecular complexity index is 718. The molecule has 9 heteroatoms. The van der Waals surface area contributed by atoms with Gasteiger partial charge in [0.05, 0.1) is 6.33 Å². The maximum Gasteiger partial charge on any atom is 0.271 e. The van der Waals surface area contributed by atoms with Crippen LogP contribution in [0.1, 0.15) is 15.4 Å². The summed E-state index contributed by atoms with van der Waals surface area (Å²) in [7, 11) is -1.86. The molecule has 7 nitrogen and oxygen atoms in total. The van der Waals surface area contributed by atoms with E-state index in [1.807, 2.05) is 0 Å². The molecule has 0 unspecified atom stereocenters. The fourth-order valence-corrected chi connectivity index (χ4v) is 3.34. The van der Waals surface area contributed by atoms with Crippen LogP contribution in [-0.4, -0.2) is 30.4 Å². The lowest BCUT2D eigenvalue weighted by Gasteiger charge is -2.01. The number of primary sulfonamides is 1. The number of hydrogen-bond donors (Lipinski definition) is 2. The quantitative estimate of drug-likeness (QED) is 0.816. The highest BCUT2D eigenvalue weighted by Crippen LogP contribution is 2.20. The number of nitrogens with zero attached hydrogens (tertiary/aromatic N) is 2. The number of imidazole rings is 1. The molecule has 0 spiro atoms. The minimum atomic E-state index is -3.65. The number of sulfonamides is 1. The number of carbonyl (C=O) groups excluding carboxylic acids is 1. The molecular formula is C11H14N4O3S2. The van der Waals surface area contributed by atoms with Crippen LogP contribution in [0.2, 0.25) is 0 Å². The van der Waals surface area contributed by atoms with Crippen molar-refractivity contribution in [3.05, 3.63) is 35.2 Å². The van der Waals surface area contributed by atoms with Gasteiger partial charge < -0.3 is 9.88 Å². The first-order chi connectivity index (χ1) is 9.36. The Balaban J connectivity index is 1.87. The number of rotatable bonds is 5. The molecule has 0 bridgehead atoms. The van der Waals surface area contributed by atoms with Crippen molar-refractivity contribution >= 4 is 27.3 Å². The molecule has 0 aliphatic carbocycles. The lowest BCUT2D eigenvalue weighted by Crippen LogP contribution is -2.25. The fraction of sp³-hybridized carbons (Fsp3) is 0.273. The van der Waals surface area contributed by atoms with Gasteiger partial charge in [0.2, 0.25) is 10.0 Å². The van der Waals surface area contributed by atoms with E-state index < -0.39 is 10.0 Å². The van der Waals surface area contributed by atoms with Gasteiger partial charge in [-0.05, 0) is 18.6 Å². The van der Waals surface area contributed by atoms with Crippen molar-refractivity contribution in [3.8, 4) is 0 Å². The number of carbonyl (C=O) groups is 1. The highest BCUT2D eigenvalue weighted by atomic mass is 32.2. The third kappa shape index (κ3) is 3.65. The molecule has 2 rings (SSSR count). The van der Waals surface area contributed by atoms with E-state index in [9.17, 15) is 13.2 Å². The maximum atomic E-state index is 11.7. The Morgan fingerprint density at radius 3 is 2.80 bits per heavy atom. The smallest absolute Gasteiger partial charge is 0.271 e. The van der Waals surface area contributed by atoms with Crippen molar-refractivity contribution in [2.45, 2.75) is 10.6 Å². The van der Waals surface area contributed by atoms with E-state index in [4.69, 9.17) is 5.14 Å². The number of thiophene rings is 1. The van der Waals surface area contributed by atoms with Gasteiger partial charge in [-0.15, -0.1) is 11.3 Å². The molecular weight excluding hydrogens is 300 g/mol. The fourth-order valence-electron chi connectivity index (χ4n) is 1.57. The summed E-state index contributed by atoms with van der Waals surface area (Å²) in [6.45, 7) is 0.403. The Kier molecular flexibility index (Phi) is 4.21. The van der Waals surface area contributed by atoms with Gasteiger partial charge in [-0.1, -0.05) is 0 Å². The predicted molar refractivity (Wildman–Crippen MR) is 74.9 cm³/mol. The normalized spacial score (nSPS) is 11.5. The Morgan fingerprint density at radius 1 is 1.50 bits per heavy atom. The van der Waals surface area contributed by atoms with Crippen molar-refractivity contribution in [3.63, 3.8) is 0 Å². The highest BCUT2D eigenvalue weighted by molar-refractivity contribution is 7.91. The summed E-state index contributed by atoms with van der Waals surface area (Å²) in [5.41, 5.74) is 0.351. The van der Waals surface area contributed by atoms with Crippen LogP contribution in [0.25, 0.3) is 0 Å². The van der Waals surface area contributed by atoms with Gasteiger partial charge in [0.25, 0.3) is 5.91 Å². The topological polar surface area (TPSA) is 107 Å². The number of hydrogen-bond acceptors (Lipinski definition) is 5. The van der Waals surface area contributed by atoms with E-state index in [2.05, 4.69) is 10.3 Å². The van der Waals surface area contributed by atoms with E-state index in [1.165, 1.54) is 6.07 Å². The molecule has 0 saturated heterocycles. The summed E-state index contributed by atoms with van der Waals surface area (Å²) in [5.74, 6) is -0.256. The summed E-state index contributed by atoms with van der Waals surface area (Å²) in [5, 5.41) is 7.75. The van der Waals surface area contributed by atoms with Gasteiger partial charge in [-0.25, -0.2) is 18.5 Å². The van der Waals surface area contributed by atoms with Gasteiger partial charge in [0, 0.05) is 24.7 Å². The van der Waals surface area contributed by atoms with E-state index in [-0.39, 0.29) is 10.1 Å². The second-order valence-electron chi connectivity index (χ2n) is 4.20.